The van der Waals surface area contributed by atoms with Crippen LogP contribution in [-0.4, -0.2) is 22.6 Å². The van der Waals surface area contributed by atoms with Gasteiger partial charge in [0, 0.05) is 23.3 Å². The topological polar surface area (TPSA) is 37.8 Å². The van der Waals surface area contributed by atoms with Crippen LogP contribution in [0.15, 0.2) is 12.4 Å². The van der Waals surface area contributed by atoms with Gasteiger partial charge in [-0.3, -0.25) is 0 Å². The monoisotopic (exact) mass is 235 g/mol. The summed E-state index contributed by atoms with van der Waals surface area (Å²) in [6.07, 6.45) is 2.80. The van der Waals surface area contributed by atoms with Crippen molar-refractivity contribution >= 4 is 0 Å². The van der Waals surface area contributed by atoms with Gasteiger partial charge in [0.25, 0.3) is 0 Å². The van der Waals surface area contributed by atoms with E-state index in [4.69, 9.17) is 0 Å². The van der Waals surface area contributed by atoms with E-state index in [0.29, 0.717) is 17.9 Å². The highest BCUT2D eigenvalue weighted by atomic mass is 14.9. The van der Waals surface area contributed by atoms with E-state index < -0.39 is 0 Å². The number of nitrogens with zero attached hydrogens (tertiary/aromatic N) is 2. The molecule has 0 aliphatic heterocycles. The Bertz CT molecular complexity index is 336. The van der Waals surface area contributed by atoms with Crippen LogP contribution >= 0.6 is 0 Å². The minimum atomic E-state index is 0.458. The average molecular weight is 235 g/mol. The second kappa shape index (κ2) is 6.70. The van der Waals surface area contributed by atoms with E-state index in [1.807, 2.05) is 0 Å². The Morgan fingerprint density at radius 1 is 1.12 bits per heavy atom. The summed E-state index contributed by atoms with van der Waals surface area (Å²) in [5.41, 5.74) is 2.30. The number of hydrogen-bond acceptors (Lipinski definition) is 3. The van der Waals surface area contributed by atoms with Gasteiger partial charge in [0.15, 0.2) is 0 Å². The van der Waals surface area contributed by atoms with E-state index in [1.54, 1.807) is 6.33 Å². The summed E-state index contributed by atoms with van der Waals surface area (Å²) in [5, 5.41) is 3.48. The number of rotatable bonds is 6. The van der Waals surface area contributed by atoms with Crippen molar-refractivity contribution in [1.82, 2.24) is 15.3 Å². The molecular formula is C14H25N3. The van der Waals surface area contributed by atoms with E-state index in [1.165, 1.54) is 5.69 Å². The first-order chi connectivity index (χ1) is 8.10. The fourth-order valence-corrected chi connectivity index (χ4v) is 2.19. The first kappa shape index (κ1) is 14.1. The van der Waals surface area contributed by atoms with Crippen LogP contribution in [0.5, 0.6) is 0 Å². The molecule has 0 saturated heterocycles. The minimum absolute atomic E-state index is 0.458. The highest BCUT2D eigenvalue weighted by Gasteiger charge is 2.18. The van der Waals surface area contributed by atoms with Gasteiger partial charge in [0.05, 0.1) is 0 Å². The summed E-state index contributed by atoms with van der Waals surface area (Å²) in [6, 6.07) is 2.62. The summed E-state index contributed by atoms with van der Waals surface area (Å²) in [4.78, 5) is 8.77. The summed E-state index contributed by atoms with van der Waals surface area (Å²) < 4.78 is 0. The van der Waals surface area contributed by atoms with Gasteiger partial charge >= 0.3 is 0 Å². The van der Waals surface area contributed by atoms with Crippen LogP contribution in [0.2, 0.25) is 0 Å². The van der Waals surface area contributed by atoms with E-state index >= 15 is 0 Å². The second-order valence-electron chi connectivity index (χ2n) is 4.88. The lowest BCUT2D eigenvalue weighted by Crippen LogP contribution is -2.32. The highest BCUT2D eigenvalue weighted by Crippen LogP contribution is 2.23. The maximum atomic E-state index is 4.45. The zero-order chi connectivity index (χ0) is 12.8. The largest absolute Gasteiger partial charge is 0.314 e. The van der Waals surface area contributed by atoms with Gasteiger partial charge in [0.2, 0.25) is 0 Å². The molecule has 1 aromatic rings. The van der Waals surface area contributed by atoms with Crippen LogP contribution in [0.1, 0.15) is 64.3 Å². The zero-order valence-corrected chi connectivity index (χ0v) is 11.7. The molecule has 0 aromatic carbocycles. The van der Waals surface area contributed by atoms with E-state index in [2.05, 4.69) is 56.0 Å². The number of hydrogen-bond donors (Lipinski definition) is 1. The third-order valence-corrected chi connectivity index (χ3v) is 3.25. The Morgan fingerprint density at radius 2 is 1.76 bits per heavy atom. The molecule has 0 bridgehead atoms. The minimum Gasteiger partial charge on any atom is -0.314 e. The van der Waals surface area contributed by atoms with Crippen molar-refractivity contribution in [3.8, 4) is 0 Å². The van der Waals surface area contributed by atoms with Gasteiger partial charge in [-0.25, -0.2) is 9.97 Å². The van der Waals surface area contributed by atoms with Crippen molar-refractivity contribution in [3.63, 3.8) is 0 Å². The standard InChI is InChI=1S/C14H25N3/c1-6-12(11(5)15-7-2)14-8-13(10(3)4)16-9-17-14/h8-12,15H,6-7H2,1-5H3. The molecule has 0 aliphatic carbocycles. The molecule has 1 heterocycles. The maximum Gasteiger partial charge on any atom is 0.115 e. The van der Waals surface area contributed by atoms with Gasteiger partial charge in [-0.2, -0.15) is 0 Å². The Morgan fingerprint density at radius 3 is 2.29 bits per heavy atom. The second-order valence-corrected chi connectivity index (χ2v) is 4.88. The molecule has 17 heavy (non-hydrogen) atoms. The lowest BCUT2D eigenvalue weighted by Gasteiger charge is -2.23. The van der Waals surface area contributed by atoms with Gasteiger partial charge in [-0.1, -0.05) is 27.7 Å². The lowest BCUT2D eigenvalue weighted by atomic mass is 9.93. The molecule has 2 atom stereocenters. The van der Waals surface area contributed by atoms with Crippen LogP contribution in [0.25, 0.3) is 0 Å². The van der Waals surface area contributed by atoms with Crippen molar-refractivity contribution < 1.29 is 0 Å². The van der Waals surface area contributed by atoms with Crippen LogP contribution in [-0.2, 0) is 0 Å². The molecule has 2 unspecified atom stereocenters. The molecule has 0 spiro atoms. The number of nitrogens with one attached hydrogen (secondary N) is 1. The Kier molecular flexibility index (Phi) is 5.56. The van der Waals surface area contributed by atoms with Crippen molar-refractivity contribution in [1.29, 1.82) is 0 Å². The smallest absolute Gasteiger partial charge is 0.115 e. The predicted molar refractivity (Wildman–Crippen MR) is 72.3 cm³/mol. The molecule has 0 saturated carbocycles. The first-order valence-corrected chi connectivity index (χ1v) is 6.65. The zero-order valence-electron chi connectivity index (χ0n) is 11.7. The molecule has 0 radical (unpaired) electrons. The summed E-state index contributed by atoms with van der Waals surface area (Å²) in [5.74, 6) is 0.930. The molecular weight excluding hydrogens is 210 g/mol. The Hall–Kier alpha value is -0.960. The van der Waals surface area contributed by atoms with Gasteiger partial charge < -0.3 is 5.32 Å². The summed E-state index contributed by atoms with van der Waals surface area (Å²) in [6.45, 7) is 11.9. The molecule has 1 N–H and O–H groups in total. The molecule has 1 aromatic heterocycles. The predicted octanol–water partition coefficient (Wildman–Crippen LogP) is 3.09. The molecule has 0 amide bonds. The third-order valence-electron chi connectivity index (χ3n) is 3.25. The number of aromatic nitrogens is 2. The van der Waals surface area contributed by atoms with E-state index in [0.717, 1.165) is 18.7 Å². The van der Waals surface area contributed by atoms with Crippen LogP contribution < -0.4 is 5.32 Å². The van der Waals surface area contributed by atoms with Gasteiger partial charge in [-0.15, -0.1) is 0 Å². The normalized spacial score (nSPS) is 14.9. The van der Waals surface area contributed by atoms with Crippen LogP contribution in [0.3, 0.4) is 0 Å². The molecule has 0 fully saturated rings. The van der Waals surface area contributed by atoms with Crippen molar-refractivity contribution in [3.05, 3.63) is 23.8 Å². The first-order valence-electron chi connectivity index (χ1n) is 6.65. The fourth-order valence-electron chi connectivity index (χ4n) is 2.19. The third kappa shape index (κ3) is 3.77. The van der Waals surface area contributed by atoms with Crippen molar-refractivity contribution in [2.75, 3.05) is 6.54 Å². The Balaban J connectivity index is 2.91. The quantitative estimate of drug-likeness (QED) is 0.823. The number of likely N-dealkylation sites (N-methyl/N-ethyl adjacent to an activating group) is 1. The van der Waals surface area contributed by atoms with Gasteiger partial charge in [0.1, 0.15) is 6.33 Å². The average Bonchev–Trinajstić information content (AvgIpc) is 2.30. The van der Waals surface area contributed by atoms with Crippen molar-refractivity contribution in [2.24, 2.45) is 0 Å². The van der Waals surface area contributed by atoms with Crippen LogP contribution in [0, 0.1) is 0 Å². The fraction of sp³-hybridized carbons (Fsp3) is 0.714. The highest BCUT2D eigenvalue weighted by molar-refractivity contribution is 5.16. The van der Waals surface area contributed by atoms with E-state index in [9.17, 15) is 0 Å². The molecule has 3 heteroatoms. The maximum absolute atomic E-state index is 4.45. The van der Waals surface area contributed by atoms with Crippen LogP contribution in [0.4, 0.5) is 0 Å². The van der Waals surface area contributed by atoms with Gasteiger partial charge in [-0.05, 0) is 31.9 Å². The lowest BCUT2D eigenvalue weighted by molar-refractivity contribution is 0.451. The molecule has 3 nitrogen and oxygen atoms in total. The van der Waals surface area contributed by atoms with E-state index in [-0.39, 0.29) is 0 Å². The molecule has 1 rings (SSSR count). The summed E-state index contributed by atoms with van der Waals surface area (Å²) >= 11 is 0. The van der Waals surface area contributed by atoms with Crippen molar-refractivity contribution in [2.45, 2.75) is 58.9 Å². The SMILES string of the molecule is CCNC(C)C(CC)c1cc(C(C)C)ncn1. The Labute approximate surface area is 105 Å². The molecule has 0 aliphatic rings. The molecule has 96 valence electrons. The summed E-state index contributed by atoms with van der Waals surface area (Å²) in [7, 11) is 0.